The zero-order chi connectivity index (χ0) is 16.8. The molecule has 0 atom stereocenters. The highest BCUT2D eigenvalue weighted by Crippen LogP contribution is 2.23. The zero-order valence-electron chi connectivity index (χ0n) is 12.5. The summed E-state index contributed by atoms with van der Waals surface area (Å²) >= 11 is 7.32. The van der Waals surface area contributed by atoms with Crippen LogP contribution in [0.2, 0.25) is 5.02 Å². The Morgan fingerprint density at radius 2 is 2.00 bits per heavy atom. The van der Waals surface area contributed by atoms with Gasteiger partial charge in [-0.25, -0.2) is 0 Å². The third kappa shape index (κ3) is 4.33. The van der Waals surface area contributed by atoms with Gasteiger partial charge in [0, 0.05) is 18.4 Å². The Bertz CT molecular complexity index is 826. The second kappa shape index (κ2) is 7.94. The van der Waals surface area contributed by atoms with Crippen molar-refractivity contribution in [1.82, 2.24) is 15.2 Å². The van der Waals surface area contributed by atoms with E-state index >= 15 is 0 Å². The Labute approximate surface area is 147 Å². The van der Waals surface area contributed by atoms with E-state index in [0.29, 0.717) is 39.7 Å². The number of aromatic nitrogens is 3. The summed E-state index contributed by atoms with van der Waals surface area (Å²) in [6, 6.07) is 12.6. The number of para-hydroxylation sites is 1. The van der Waals surface area contributed by atoms with Crippen molar-refractivity contribution in [1.29, 1.82) is 0 Å². The maximum Gasteiger partial charge on any atom is 0.276 e. The highest BCUT2D eigenvalue weighted by Gasteiger charge is 2.11. The largest absolute Gasteiger partial charge is 0.410 e. The molecule has 0 bridgehead atoms. The van der Waals surface area contributed by atoms with Crippen molar-refractivity contribution in [2.24, 2.45) is 0 Å². The van der Waals surface area contributed by atoms with Gasteiger partial charge in [-0.2, -0.15) is 0 Å². The smallest absolute Gasteiger partial charge is 0.276 e. The summed E-state index contributed by atoms with van der Waals surface area (Å²) in [7, 11) is 0. The molecule has 1 aromatic carbocycles. The lowest BCUT2D eigenvalue weighted by Crippen LogP contribution is -2.12. The first-order valence-corrected chi connectivity index (χ1v) is 8.51. The van der Waals surface area contributed by atoms with E-state index in [9.17, 15) is 4.79 Å². The van der Waals surface area contributed by atoms with Crippen molar-refractivity contribution in [3.05, 3.63) is 53.7 Å². The second-order valence-electron chi connectivity index (χ2n) is 4.71. The Morgan fingerprint density at radius 1 is 1.17 bits per heavy atom. The van der Waals surface area contributed by atoms with E-state index in [1.54, 1.807) is 24.4 Å². The molecule has 0 saturated heterocycles. The zero-order valence-corrected chi connectivity index (χ0v) is 14.0. The molecule has 2 aromatic heterocycles. The van der Waals surface area contributed by atoms with Gasteiger partial charge in [-0.15, -0.1) is 10.2 Å². The SMILES string of the molecule is O=C(CCSc1nnc(-c2ccccn2)o1)Nc1ccccc1Cl. The third-order valence-electron chi connectivity index (χ3n) is 2.99. The lowest BCUT2D eigenvalue weighted by molar-refractivity contribution is -0.115. The molecule has 122 valence electrons. The molecule has 1 N–H and O–H groups in total. The third-order valence-corrected chi connectivity index (χ3v) is 4.14. The van der Waals surface area contributed by atoms with E-state index in [2.05, 4.69) is 20.5 Å². The number of carbonyl (C=O) groups excluding carboxylic acids is 1. The minimum atomic E-state index is -0.125. The van der Waals surface area contributed by atoms with E-state index in [-0.39, 0.29) is 5.91 Å². The fraction of sp³-hybridized carbons (Fsp3) is 0.125. The van der Waals surface area contributed by atoms with Gasteiger partial charge in [-0.05, 0) is 24.3 Å². The van der Waals surface area contributed by atoms with Crippen LogP contribution >= 0.6 is 23.4 Å². The summed E-state index contributed by atoms with van der Waals surface area (Å²) in [5.41, 5.74) is 1.22. The number of benzene rings is 1. The average molecular weight is 361 g/mol. The molecule has 24 heavy (non-hydrogen) atoms. The summed E-state index contributed by atoms with van der Waals surface area (Å²) in [6.07, 6.45) is 1.96. The van der Waals surface area contributed by atoms with Crippen LogP contribution in [-0.4, -0.2) is 26.8 Å². The molecule has 1 amide bonds. The van der Waals surface area contributed by atoms with Crippen LogP contribution < -0.4 is 5.32 Å². The van der Waals surface area contributed by atoms with Crippen LogP contribution in [0.3, 0.4) is 0 Å². The van der Waals surface area contributed by atoms with Crippen LogP contribution in [0.4, 0.5) is 5.69 Å². The van der Waals surface area contributed by atoms with E-state index in [4.69, 9.17) is 16.0 Å². The molecule has 0 spiro atoms. The first-order valence-electron chi connectivity index (χ1n) is 7.14. The fourth-order valence-corrected chi connectivity index (χ4v) is 2.75. The quantitative estimate of drug-likeness (QED) is 0.671. The summed E-state index contributed by atoms with van der Waals surface area (Å²) in [5, 5.41) is 11.6. The fourth-order valence-electron chi connectivity index (χ4n) is 1.87. The maximum atomic E-state index is 11.9. The summed E-state index contributed by atoms with van der Waals surface area (Å²) in [4.78, 5) is 16.1. The lowest BCUT2D eigenvalue weighted by Gasteiger charge is -2.05. The number of anilines is 1. The highest BCUT2D eigenvalue weighted by atomic mass is 35.5. The van der Waals surface area contributed by atoms with Gasteiger partial charge in [0.1, 0.15) is 5.69 Å². The van der Waals surface area contributed by atoms with Gasteiger partial charge in [0.25, 0.3) is 11.1 Å². The van der Waals surface area contributed by atoms with Crippen LogP contribution in [0.5, 0.6) is 0 Å². The molecule has 0 aliphatic rings. The van der Waals surface area contributed by atoms with Crippen molar-refractivity contribution in [2.75, 3.05) is 11.1 Å². The van der Waals surface area contributed by atoms with Crippen molar-refractivity contribution >= 4 is 35.0 Å². The summed E-state index contributed by atoms with van der Waals surface area (Å²) < 4.78 is 5.51. The number of amides is 1. The monoisotopic (exact) mass is 360 g/mol. The van der Waals surface area contributed by atoms with Gasteiger partial charge in [0.05, 0.1) is 10.7 Å². The molecular formula is C16H13ClN4O2S. The second-order valence-corrected chi connectivity index (χ2v) is 6.17. The van der Waals surface area contributed by atoms with Crippen LogP contribution in [-0.2, 0) is 4.79 Å². The van der Waals surface area contributed by atoms with Gasteiger partial charge in [0.15, 0.2) is 0 Å². The lowest BCUT2D eigenvalue weighted by atomic mass is 10.3. The molecule has 0 aliphatic heterocycles. The number of nitrogens with zero attached hydrogens (tertiary/aromatic N) is 3. The molecule has 3 aromatic rings. The molecule has 8 heteroatoms. The average Bonchev–Trinajstić information content (AvgIpc) is 3.07. The number of rotatable bonds is 6. The highest BCUT2D eigenvalue weighted by molar-refractivity contribution is 7.99. The molecule has 6 nitrogen and oxygen atoms in total. The number of nitrogens with one attached hydrogen (secondary N) is 1. The molecule has 0 fully saturated rings. The molecule has 0 aliphatic carbocycles. The van der Waals surface area contributed by atoms with Crippen LogP contribution in [0, 0.1) is 0 Å². The molecule has 0 saturated carbocycles. The standard InChI is InChI=1S/C16H13ClN4O2S/c17-11-5-1-2-6-12(11)19-14(22)8-10-24-16-21-20-15(23-16)13-7-3-4-9-18-13/h1-7,9H,8,10H2,(H,19,22). The number of halogens is 1. The van der Waals surface area contributed by atoms with Gasteiger partial charge in [-0.1, -0.05) is 41.6 Å². The molecule has 3 rings (SSSR count). The van der Waals surface area contributed by atoms with Crippen LogP contribution in [0.1, 0.15) is 6.42 Å². The minimum Gasteiger partial charge on any atom is -0.410 e. The Morgan fingerprint density at radius 3 is 2.79 bits per heavy atom. The minimum absolute atomic E-state index is 0.125. The number of hydrogen-bond donors (Lipinski definition) is 1. The van der Waals surface area contributed by atoms with Crippen LogP contribution in [0.25, 0.3) is 11.6 Å². The molecule has 0 radical (unpaired) electrons. The van der Waals surface area contributed by atoms with E-state index in [0.717, 1.165) is 0 Å². The Balaban J connectivity index is 1.49. The summed E-state index contributed by atoms with van der Waals surface area (Å²) in [5.74, 6) is 0.749. The van der Waals surface area contributed by atoms with Crippen molar-refractivity contribution in [2.45, 2.75) is 11.6 Å². The number of thioether (sulfide) groups is 1. The predicted octanol–water partition coefficient (Wildman–Crippen LogP) is 3.91. The normalized spacial score (nSPS) is 10.5. The predicted molar refractivity (Wildman–Crippen MR) is 93.0 cm³/mol. The molecular weight excluding hydrogens is 348 g/mol. The van der Waals surface area contributed by atoms with Gasteiger partial charge in [0.2, 0.25) is 5.91 Å². The number of hydrogen-bond acceptors (Lipinski definition) is 6. The van der Waals surface area contributed by atoms with E-state index in [1.165, 1.54) is 11.8 Å². The van der Waals surface area contributed by atoms with E-state index < -0.39 is 0 Å². The van der Waals surface area contributed by atoms with Crippen LogP contribution in [0.15, 0.2) is 58.3 Å². The Hall–Kier alpha value is -2.38. The molecule has 2 heterocycles. The number of carbonyl (C=O) groups is 1. The topological polar surface area (TPSA) is 80.9 Å². The van der Waals surface area contributed by atoms with Crippen molar-refractivity contribution < 1.29 is 9.21 Å². The summed E-state index contributed by atoms with van der Waals surface area (Å²) in [6.45, 7) is 0. The Kier molecular flexibility index (Phi) is 5.45. The maximum absolute atomic E-state index is 11.9. The van der Waals surface area contributed by atoms with E-state index in [1.807, 2.05) is 24.3 Å². The first-order chi connectivity index (χ1) is 11.7. The number of pyridine rings is 1. The first kappa shape index (κ1) is 16.5. The van der Waals surface area contributed by atoms with Gasteiger partial charge in [-0.3, -0.25) is 9.78 Å². The molecule has 0 unspecified atom stereocenters. The van der Waals surface area contributed by atoms with Gasteiger partial charge < -0.3 is 9.73 Å². The van der Waals surface area contributed by atoms with Crippen molar-refractivity contribution in [3.63, 3.8) is 0 Å². The van der Waals surface area contributed by atoms with Crippen molar-refractivity contribution in [3.8, 4) is 11.6 Å². The van der Waals surface area contributed by atoms with Gasteiger partial charge >= 0.3 is 0 Å².